The van der Waals surface area contributed by atoms with E-state index in [1.807, 2.05) is 20.8 Å². The minimum absolute atomic E-state index is 0.0458. The molecular formula is C17H26N2O3S. The molecule has 1 atom stereocenters. The third-order valence-corrected chi connectivity index (χ3v) is 6.41. The van der Waals surface area contributed by atoms with E-state index in [-0.39, 0.29) is 28.8 Å². The van der Waals surface area contributed by atoms with Gasteiger partial charge in [0.2, 0.25) is 10.0 Å². The summed E-state index contributed by atoms with van der Waals surface area (Å²) in [6, 6.07) is 6.31. The van der Waals surface area contributed by atoms with Crippen LogP contribution in [0, 0.1) is 5.92 Å². The maximum atomic E-state index is 13.0. The molecular weight excluding hydrogens is 312 g/mol. The van der Waals surface area contributed by atoms with Gasteiger partial charge in [-0.1, -0.05) is 13.8 Å². The molecule has 0 radical (unpaired) electrons. The normalized spacial score (nSPS) is 16.7. The predicted octanol–water partition coefficient (Wildman–Crippen LogP) is 2.59. The fraction of sp³-hybridized carbons (Fsp3) is 0.588. The molecule has 0 aromatic heterocycles. The summed E-state index contributed by atoms with van der Waals surface area (Å²) in [4.78, 5) is 13.7. The second kappa shape index (κ2) is 6.61. The highest BCUT2D eigenvalue weighted by atomic mass is 32.2. The maximum absolute atomic E-state index is 13.0. The maximum Gasteiger partial charge on any atom is 0.253 e. The van der Waals surface area contributed by atoms with Gasteiger partial charge in [0.25, 0.3) is 5.91 Å². The quantitative estimate of drug-likeness (QED) is 0.801. The van der Waals surface area contributed by atoms with E-state index in [9.17, 15) is 13.2 Å². The summed E-state index contributed by atoms with van der Waals surface area (Å²) in [5.74, 6) is 0.114. The molecule has 1 aliphatic rings. The third kappa shape index (κ3) is 3.75. The highest BCUT2D eigenvalue weighted by Gasteiger charge is 2.41. The second-order valence-electron chi connectivity index (χ2n) is 6.77. The Morgan fingerprint density at radius 1 is 1.09 bits per heavy atom. The summed E-state index contributed by atoms with van der Waals surface area (Å²) in [6.07, 6.45) is 1.85. The van der Waals surface area contributed by atoms with Crippen LogP contribution < -0.4 is 0 Å². The lowest BCUT2D eigenvalue weighted by molar-refractivity contribution is 0.0827. The lowest BCUT2D eigenvalue weighted by atomic mass is 10.1. The average Bonchev–Trinajstić information content (AvgIpc) is 3.30. The number of nitrogens with zero attached hydrogens (tertiary/aromatic N) is 2. The Morgan fingerprint density at radius 3 is 2.00 bits per heavy atom. The Balaban J connectivity index is 2.33. The molecule has 0 N–H and O–H groups in total. The topological polar surface area (TPSA) is 57.7 Å². The van der Waals surface area contributed by atoms with Crippen molar-refractivity contribution in [1.82, 2.24) is 9.21 Å². The molecule has 0 aliphatic heterocycles. The molecule has 1 fully saturated rings. The Kier molecular flexibility index (Phi) is 5.16. The van der Waals surface area contributed by atoms with Crippen LogP contribution in [0.1, 0.15) is 44.0 Å². The van der Waals surface area contributed by atoms with Crippen LogP contribution in [-0.2, 0) is 10.0 Å². The van der Waals surface area contributed by atoms with Crippen LogP contribution in [0.4, 0.5) is 0 Å². The fourth-order valence-electron chi connectivity index (χ4n) is 2.52. The first-order valence-corrected chi connectivity index (χ1v) is 9.45. The number of benzene rings is 1. The van der Waals surface area contributed by atoms with Crippen molar-refractivity contribution in [2.24, 2.45) is 5.92 Å². The number of carbonyl (C=O) groups is 1. The van der Waals surface area contributed by atoms with Gasteiger partial charge in [0.05, 0.1) is 4.90 Å². The van der Waals surface area contributed by atoms with E-state index in [0.717, 1.165) is 12.8 Å². The van der Waals surface area contributed by atoms with E-state index < -0.39 is 10.0 Å². The van der Waals surface area contributed by atoms with Crippen LogP contribution >= 0.6 is 0 Å². The van der Waals surface area contributed by atoms with Gasteiger partial charge in [0.15, 0.2) is 0 Å². The van der Waals surface area contributed by atoms with Gasteiger partial charge in [-0.3, -0.25) is 4.79 Å². The Hall–Kier alpha value is -1.40. The van der Waals surface area contributed by atoms with E-state index in [1.54, 1.807) is 30.5 Å². The van der Waals surface area contributed by atoms with Gasteiger partial charge < -0.3 is 4.90 Å². The summed E-state index contributed by atoms with van der Waals surface area (Å²) in [7, 11) is -0.191. The average molecular weight is 338 g/mol. The van der Waals surface area contributed by atoms with Crippen molar-refractivity contribution in [2.45, 2.75) is 50.6 Å². The molecule has 0 unspecified atom stereocenters. The molecule has 1 aromatic carbocycles. The molecule has 1 saturated carbocycles. The molecule has 0 spiro atoms. The summed E-state index contributed by atoms with van der Waals surface area (Å²) >= 11 is 0. The predicted molar refractivity (Wildman–Crippen MR) is 90.8 cm³/mol. The lowest BCUT2D eigenvalue weighted by Gasteiger charge is -2.31. The minimum atomic E-state index is -3.54. The zero-order valence-corrected chi connectivity index (χ0v) is 15.3. The van der Waals surface area contributed by atoms with Gasteiger partial charge in [-0.2, -0.15) is 4.31 Å². The van der Waals surface area contributed by atoms with Crippen molar-refractivity contribution in [2.75, 3.05) is 14.1 Å². The first-order chi connectivity index (χ1) is 10.7. The second-order valence-corrected chi connectivity index (χ2v) is 8.62. The number of hydrogen-bond donors (Lipinski definition) is 0. The summed E-state index contributed by atoms with van der Waals surface area (Å²) < 4.78 is 27.7. The third-order valence-electron chi connectivity index (χ3n) is 4.36. The zero-order valence-electron chi connectivity index (χ0n) is 14.5. The van der Waals surface area contributed by atoms with E-state index >= 15 is 0 Å². The van der Waals surface area contributed by atoms with Crippen LogP contribution in [0.25, 0.3) is 0 Å². The molecule has 1 aromatic rings. The van der Waals surface area contributed by atoms with Crippen LogP contribution in [0.3, 0.4) is 0 Å². The summed E-state index contributed by atoms with van der Waals surface area (Å²) in [6.45, 7) is 6.04. The lowest BCUT2D eigenvalue weighted by Crippen LogP contribution is -2.43. The van der Waals surface area contributed by atoms with E-state index in [4.69, 9.17) is 0 Å². The molecule has 6 heteroatoms. The molecule has 2 rings (SSSR count). The Morgan fingerprint density at radius 2 is 1.61 bits per heavy atom. The van der Waals surface area contributed by atoms with Crippen LogP contribution in [0.15, 0.2) is 29.2 Å². The Bertz CT molecular complexity index is 662. The number of amides is 1. The number of rotatable bonds is 6. The van der Waals surface area contributed by atoms with Crippen molar-refractivity contribution in [3.8, 4) is 0 Å². The highest BCUT2D eigenvalue weighted by Crippen LogP contribution is 2.35. The van der Waals surface area contributed by atoms with Crippen LogP contribution in [-0.4, -0.2) is 49.7 Å². The largest absolute Gasteiger partial charge is 0.345 e. The summed E-state index contributed by atoms with van der Waals surface area (Å²) in [5.41, 5.74) is 0.490. The van der Waals surface area contributed by atoms with Gasteiger partial charge in [0.1, 0.15) is 0 Å². The molecule has 0 saturated heterocycles. The first-order valence-electron chi connectivity index (χ1n) is 8.01. The van der Waals surface area contributed by atoms with Gasteiger partial charge in [-0.05, 0) is 49.9 Å². The van der Waals surface area contributed by atoms with Gasteiger partial charge in [-0.15, -0.1) is 0 Å². The molecule has 23 heavy (non-hydrogen) atoms. The van der Waals surface area contributed by atoms with Crippen molar-refractivity contribution in [3.05, 3.63) is 29.8 Å². The molecule has 5 nitrogen and oxygen atoms in total. The smallest absolute Gasteiger partial charge is 0.253 e. The van der Waals surface area contributed by atoms with Crippen LogP contribution in [0.2, 0.25) is 0 Å². The molecule has 128 valence electrons. The Labute approximate surface area is 139 Å². The van der Waals surface area contributed by atoms with E-state index in [2.05, 4.69) is 0 Å². The number of sulfonamides is 1. The van der Waals surface area contributed by atoms with Gasteiger partial charge in [-0.25, -0.2) is 8.42 Å². The monoisotopic (exact) mass is 338 g/mol. The van der Waals surface area contributed by atoms with Gasteiger partial charge in [0, 0.05) is 31.7 Å². The minimum Gasteiger partial charge on any atom is -0.345 e. The molecule has 1 amide bonds. The highest BCUT2D eigenvalue weighted by molar-refractivity contribution is 7.89. The molecule has 0 bridgehead atoms. The molecule has 0 heterocycles. The van der Waals surface area contributed by atoms with Crippen LogP contribution in [0.5, 0.6) is 0 Å². The van der Waals surface area contributed by atoms with Crippen molar-refractivity contribution >= 4 is 15.9 Å². The number of carbonyl (C=O) groups excluding carboxylic acids is 1. The van der Waals surface area contributed by atoms with Gasteiger partial charge >= 0.3 is 0 Å². The first kappa shape index (κ1) is 17.9. The van der Waals surface area contributed by atoms with Crippen molar-refractivity contribution < 1.29 is 13.2 Å². The zero-order chi connectivity index (χ0) is 17.4. The van der Waals surface area contributed by atoms with Crippen molar-refractivity contribution in [1.29, 1.82) is 0 Å². The SMILES string of the molecule is CC(C)[C@H](C)N(C1CC1)S(=O)(=O)c1ccc(C(=O)N(C)C)cc1. The van der Waals surface area contributed by atoms with E-state index in [0.29, 0.717) is 5.56 Å². The van der Waals surface area contributed by atoms with E-state index in [1.165, 1.54) is 17.0 Å². The van der Waals surface area contributed by atoms with Crippen molar-refractivity contribution in [3.63, 3.8) is 0 Å². The number of hydrogen-bond acceptors (Lipinski definition) is 3. The fourth-order valence-corrected chi connectivity index (χ4v) is 4.53. The standard InChI is InChI=1S/C17H26N2O3S/c1-12(2)13(3)19(15-8-9-15)23(21,22)16-10-6-14(7-11-16)17(20)18(4)5/h6-7,10-13,15H,8-9H2,1-5H3/t13-/m0/s1. The molecule has 1 aliphatic carbocycles. The summed E-state index contributed by atoms with van der Waals surface area (Å²) in [5, 5.41) is 0.